The first-order valence-corrected chi connectivity index (χ1v) is 10.1. The van der Waals surface area contributed by atoms with Crippen molar-refractivity contribution >= 4 is 11.6 Å². The molecule has 0 radical (unpaired) electrons. The van der Waals surface area contributed by atoms with Crippen molar-refractivity contribution in [2.45, 2.75) is 6.54 Å². The molecule has 1 heterocycles. The Balaban J connectivity index is 1.34. The van der Waals surface area contributed by atoms with Gasteiger partial charge in [-0.3, -0.25) is 14.9 Å². The Morgan fingerprint density at radius 2 is 1.57 bits per heavy atom. The van der Waals surface area contributed by atoms with Crippen LogP contribution in [0.5, 0.6) is 0 Å². The molecule has 30 heavy (non-hydrogen) atoms. The number of nitrogens with one attached hydrogen (secondary N) is 1. The minimum atomic E-state index is -0.363. The van der Waals surface area contributed by atoms with Crippen molar-refractivity contribution < 1.29 is 14.6 Å². The van der Waals surface area contributed by atoms with Crippen LogP contribution in [0.1, 0.15) is 15.9 Å². The lowest BCUT2D eigenvalue weighted by Crippen LogP contribution is -3.13. The SMILES string of the molecule is O=C(c1ccc(-c2ccccc2)cc1)N1CC[NH+](Cc2cccc([N+](=O)[O-])c2)CC1. The minimum absolute atomic E-state index is 0.0593. The maximum absolute atomic E-state index is 12.9. The van der Waals surface area contributed by atoms with Gasteiger partial charge in [-0.15, -0.1) is 0 Å². The molecule has 0 spiro atoms. The van der Waals surface area contributed by atoms with Crippen molar-refractivity contribution in [3.8, 4) is 11.1 Å². The predicted molar refractivity (Wildman–Crippen MR) is 115 cm³/mol. The number of nitrogens with zero attached hydrogens (tertiary/aromatic N) is 2. The van der Waals surface area contributed by atoms with Gasteiger partial charge in [-0.25, -0.2) is 0 Å². The number of nitro groups is 1. The summed E-state index contributed by atoms with van der Waals surface area (Å²) >= 11 is 0. The summed E-state index contributed by atoms with van der Waals surface area (Å²) in [6.45, 7) is 3.76. The third-order valence-corrected chi connectivity index (χ3v) is 5.57. The van der Waals surface area contributed by atoms with Gasteiger partial charge >= 0.3 is 0 Å². The van der Waals surface area contributed by atoms with E-state index in [1.54, 1.807) is 12.1 Å². The van der Waals surface area contributed by atoms with E-state index >= 15 is 0 Å². The number of amides is 1. The zero-order valence-corrected chi connectivity index (χ0v) is 16.7. The number of quaternary nitrogens is 1. The van der Waals surface area contributed by atoms with Crippen LogP contribution in [0, 0.1) is 10.1 Å². The Kier molecular flexibility index (Phi) is 5.86. The number of hydrogen-bond donors (Lipinski definition) is 1. The molecule has 0 aromatic heterocycles. The van der Waals surface area contributed by atoms with Crippen molar-refractivity contribution in [3.05, 3.63) is 100 Å². The van der Waals surface area contributed by atoms with Crippen LogP contribution in [0.4, 0.5) is 5.69 Å². The molecule has 1 saturated heterocycles. The lowest BCUT2D eigenvalue weighted by Gasteiger charge is -2.32. The molecule has 3 aromatic rings. The molecule has 3 aromatic carbocycles. The Morgan fingerprint density at radius 1 is 0.900 bits per heavy atom. The van der Waals surface area contributed by atoms with E-state index < -0.39 is 0 Å². The highest BCUT2D eigenvalue weighted by Gasteiger charge is 2.25. The fraction of sp³-hybridized carbons (Fsp3) is 0.208. The van der Waals surface area contributed by atoms with E-state index in [-0.39, 0.29) is 16.5 Å². The molecule has 0 atom stereocenters. The molecular weight excluding hydrogens is 378 g/mol. The van der Waals surface area contributed by atoms with Crippen LogP contribution in [0.2, 0.25) is 0 Å². The van der Waals surface area contributed by atoms with Gasteiger partial charge in [0.2, 0.25) is 0 Å². The van der Waals surface area contributed by atoms with E-state index in [1.165, 1.54) is 11.0 Å². The summed E-state index contributed by atoms with van der Waals surface area (Å²) in [5, 5.41) is 11.0. The highest BCUT2D eigenvalue weighted by atomic mass is 16.6. The maximum Gasteiger partial charge on any atom is 0.269 e. The van der Waals surface area contributed by atoms with Crippen molar-refractivity contribution in [1.82, 2.24) is 4.90 Å². The van der Waals surface area contributed by atoms with Crippen LogP contribution in [-0.2, 0) is 6.54 Å². The summed E-state index contributed by atoms with van der Waals surface area (Å²) in [6.07, 6.45) is 0. The normalized spacial score (nSPS) is 14.5. The molecule has 0 bridgehead atoms. The zero-order chi connectivity index (χ0) is 20.9. The van der Waals surface area contributed by atoms with Crippen molar-refractivity contribution in [2.75, 3.05) is 26.2 Å². The number of carbonyl (C=O) groups excluding carboxylic acids is 1. The average Bonchev–Trinajstić information content (AvgIpc) is 2.80. The number of nitro benzene ring substituents is 1. The van der Waals surface area contributed by atoms with E-state index in [9.17, 15) is 14.9 Å². The van der Waals surface area contributed by atoms with Crippen LogP contribution >= 0.6 is 0 Å². The van der Waals surface area contributed by atoms with Crippen LogP contribution in [0.15, 0.2) is 78.9 Å². The quantitative estimate of drug-likeness (QED) is 0.527. The summed E-state index contributed by atoms with van der Waals surface area (Å²) < 4.78 is 0. The molecule has 4 rings (SSSR count). The van der Waals surface area contributed by atoms with E-state index in [1.807, 2.05) is 53.4 Å². The van der Waals surface area contributed by atoms with Gasteiger partial charge in [-0.05, 0) is 23.3 Å². The molecule has 0 aliphatic carbocycles. The third kappa shape index (κ3) is 4.55. The number of carbonyl (C=O) groups is 1. The monoisotopic (exact) mass is 402 g/mol. The van der Waals surface area contributed by atoms with Gasteiger partial charge in [0.25, 0.3) is 11.6 Å². The van der Waals surface area contributed by atoms with E-state index in [2.05, 4.69) is 12.1 Å². The second kappa shape index (κ2) is 8.88. The molecule has 0 unspecified atom stereocenters. The largest absolute Gasteiger partial charge is 0.328 e. The van der Waals surface area contributed by atoms with Gasteiger partial charge < -0.3 is 9.80 Å². The van der Waals surface area contributed by atoms with Gasteiger partial charge in [0.05, 0.1) is 31.1 Å². The fourth-order valence-electron chi connectivity index (χ4n) is 3.89. The maximum atomic E-state index is 12.9. The first-order valence-electron chi connectivity index (χ1n) is 10.1. The second-order valence-corrected chi connectivity index (χ2v) is 7.59. The van der Waals surface area contributed by atoms with Crippen molar-refractivity contribution in [2.24, 2.45) is 0 Å². The van der Waals surface area contributed by atoms with Crippen LogP contribution < -0.4 is 4.90 Å². The van der Waals surface area contributed by atoms with Gasteiger partial charge in [0.1, 0.15) is 6.54 Å². The summed E-state index contributed by atoms with van der Waals surface area (Å²) in [7, 11) is 0. The molecular formula is C24H24N3O3+. The third-order valence-electron chi connectivity index (χ3n) is 5.57. The summed E-state index contributed by atoms with van der Waals surface area (Å²) in [4.78, 5) is 26.7. The molecule has 6 heteroatoms. The predicted octanol–water partition coefficient (Wildman–Crippen LogP) is 2.80. The van der Waals surface area contributed by atoms with Crippen molar-refractivity contribution in [3.63, 3.8) is 0 Å². The Morgan fingerprint density at radius 3 is 2.23 bits per heavy atom. The van der Waals surface area contributed by atoms with E-state index in [0.717, 1.165) is 36.3 Å². The average molecular weight is 402 g/mol. The number of rotatable bonds is 5. The van der Waals surface area contributed by atoms with Crippen LogP contribution in [-0.4, -0.2) is 41.9 Å². The molecule has 1 aliphatic heterocycles. The Hall–Kier alpha value is -3.51. The lowest BCUT2D eigenvalue weighted by atomic mass is 10.0. The zero-order valence-electron chi connectivity index (χ0n) is 16.7. The van der Waals surface area contributed by atoms with Gasteiger partial charge in [-0.2, -0.15) is 0 Å². The van der Waals surface area contributed by atoms with Crippen LogP contribution in [0.3, 0.4) is 0 Å². The van der Waals surface area contributed by atoms with Crippen molar-refractivity contribution in [1.29, 1.82) is 0 Å². The fourth-order valence-corrected chi connectivity index (χ4v) is 3.89. The molecule has 0 saturated carbocycles. The second-order valence-electron chi connectivity index (χ2n) is 7.59. The van der Waals surface area contributed by atoms with Gasteiger partial charge in [-0.1, -0.05) is 54.6 Å². The Labute approximate surface area is 175 Å². The highest BCUT2D eigenvalue weighted by Crippen LogP contribution is 2.20. The molecule has 6 nitrogen and oxygen atoms in total. The standard InChI is InChI=1S/C24H23N3O3/c28-24(22-11-9-21(10-12-22)20-6-2-1-3-7-20)26-15-13-25(14-16-26)18-19-5-4-8-23(17-19)27(29)30/h1-12,17H,13-16,18H2/p+1. The number of hydrogen-bond acceptors (Lipinski definition) is 3. The summed E-state index contributed by atoms with van der Waals surface area (Å²) in [5.74, 6) is 0.0593. The van der Waals surface area contributed by atoms with Gasteiger partial charge in [0, 0.05) is 23.3 Å². The minimum Gasteiger partial charge on any atom is -0.328 e. The first-order chi connectivity index (χ1) is 14.6. The van der Waals surface area contributed by atoms with E-state index in [4.69, 9.17) is 0 Å². The molecule has 1 N–H and O–H groups in total. The highest BCUT2D eigenvalue weighted by molar-refractivity contribution is 5.94. The van der Waals surface area contributed by atoms with Gasteiger partial charge in [0.15, 0.2) is 0 Å². The molecule has 1 aliphatic rings. The summed E-state index contributed by atoms with van der Waals surface area (Å²) in [6, 6.07) is 24.7. The Bertz CT molecular complexity index is 1030. The molecule has 152 valence electrons. The number of benzene rings is 3. The molecule has 1 amide bonds. The number of piperazine rings is 1. The molecule has 1 fully saturated rings. The summed E-state index contributed by atoms with van der Waals surface area (Å²) in [5.41, 5.74) is 4.01. The number of non-ortho nitro benzene ring substituents is 1. The lowest BCUT2D eigenvalue weighted by molar-refractivity contribution is -0.917. The smallest absolute Gasteiger partial charge is 0.269 e. The first kappa shape index (κ1) is 19.8. The van der Waals surface area contributed by atoms with E-state index in [0.29, 0.717) is 18.7 Å². The topological polar surface area (TPSA) is 67.9 Å². The van der Waals surface area contributed by atoms with Crippen LogP contribution in [0.25, 0.3) is 11.1 Å².